The summed E-state index contributed by atoms with van der Waals surface area (Å²) in [7, 11) is 0. The summed E-state index contributed by atoms with van der Waals surface area (Å²) in [5.41, 5.74) is -5.67. The third-order valence-corrected chi connectivity index (χ3v) is 5.09. The Labute approximate surface area is 195 Å². The molecule has 0 radical (unpaired) electrons. The predicted octanol–water partition coefficient (Wildman–Crippen LogP) is 7.04. The highest BCUT2D eigenvalue weighted by atomic mass is 32.2. The van der Waals surface area contributed by atoms with Crippen LogP contribution in [0.1, 0.15) is 32.7 Å². The average Bonchev–Trinajstić information content (AvgIpc) is 2.76. The van der Waals surface area contributed by atoms with Gasteiger partial charge in [-0.25, -0.2) is 14.8 Å². The van der Waals surface area contributed by atoms with Crippen molar-refractivity contribution in [2.45, 2.75) is 35.2 Å². The summed E-state index contributed by atoms with van der Waals surface area (Å²) in [6.45, 7) is -0.363. The number of aromatic nitrogens is 2. The van der Waals surface area contributed by atoms with E-state index in [-0.39, 0.29) is 24.4 Å². The molecule has 3 aromatic rings. The smallest absolute Gasteiger partial charge is 0.434 e. The summed E-state index contributed by atoms with van der Waals surface area (Å²) in [6, 6.07) is 8.50. The minimum absolute atomic E-state index is 0.0347. The molecule has 0 N–H and O–H groups in total. The maximum Gasteiger partial charge on any atom is 0.434 e. The number of carbonyl (C=O) groups is 1. The molecule has 1 heterocycles. The molecular formula is C21H11F9N2O2S. The fourth-order valence-electron chi connectivity index (χ4n) is 2.67. The SMILES string of the molecule is O=C(OCc1ccccc1)c1cnc(Sc2cc(C(F)(F)F)cc(C(F)(F)F)c2)nc1C(F)(F)F. The molecule has 0 fully saturated rings. The zero-order chi connectivity index (χ0) is 26.0. The van der Waals surface area contributed by atoms with E-state index in [4.69, 9.17) is 4.74 Å². The normalized spacial score (nSPS) is 12.5. The Hall–Kier alpha value is -3.29. The first kappa shape index (κ1) is 26.3. The zero-order valence-electron chi connectivity index (χ0n) is 16.9. The van der Waals surface area contributed by atoms with E-state index in [0.717, 1.165) is 0 Å². The van der Waals surface area contributed by atoms with Crippen molar-refractivity contribution in [2.75, 3.05) is 0 Å². The average molecular weight is 526 g/mol. The van der Waals surface area contributed by atoms with Crippen LogP contribution >= 0.6 is 11.8 Å². The molecule has 0 aliphatic carbocycles. The molecule has 2 aromatic carbocycles. The van der Waals surface area contributed by atoms with Crippen molar-refractivity contribution < 1.29 is 49.0 Å². The standard InChI is InChI=1S/C21H11F9N2O2S/c22-19(23,24)12-6-13(20(25,26)27)8-14(7-12)35-18-31-9-15(16(32-18)21(28,29)30)17(33)34-10-11-4-2-1-3-5-11/h1-9H,10H2. The number of nitrogens with zero attached hydrogens (tertiary/aromatic N) is 2. The summed E-state index contributed by atoms with van der Waals surface area (Å²) < 4.78 is 124. The Bertz CT molecular complexity index is 1180. The molecule has 3 rings (SSSR count). The minimum Gasteiger partial charge on any atom is -0.457 e. The van der Waals surface area contributed by atoms with E-state index < -0.39 is 56.9 Å². The Morgan fingerprint density at radius 3 is 1.91 bits per heavy atom. The maximum absolute atomic E-state index is 13.5. The topological polar surface area (TPSA) is 52.1 Å². The lowest BCUT2D eigenvalue weighted by Crippen LogP contribution is -2.18. The molecule has 0 aliphatic rings. The van der Waals surface area contributed by atoms with Gasteiger partial charge in [0.2, 0.25) is 0 Å². The van der Waals surface area contributed by atoms with Gasteiger partial charge in [0.15, 0.2) is 10.9 Å². The lowest BCUT2D eigenvalue weighted by atomic mass is 10.1. The summed E-state index contributed by atoms with van der Waals surface area (Å²) in [5, 5.41) is -0.829. The lowest BCUT2D eigenvalue weighted by molar-refractivity contribution is -0.143. The van der Waals surface area contributed by atoms with E-state index in [2.05, 4.69) is 9.97 Å². The van der Waals surface area contributed by atoms with Crippen LogP contribution in [0.25, 0.3) is 0 Å². The quantitative estimate of drug-likeness (QED) is 0.203. The maximum atomic E-state index is 13.5. The molecule has 4 nitrogen and oxygen atoms in total. The molecule has 0 spiro atoms. The minimum atomic E-state index is -5.20. The van der Waals surface area contributed by atoms with Crippen molar-refractivity contribution in [1.29, 1.82) is 0 Å². The third kappa shape index (κ3) is 6.87. The predicted molar refractivity (Wildman–Crippen MR) is 103 cm³/mol. The summed E-state index contributed by atoms with van der Waals surface area (Å²) >= 11 is 0.0347. The van der Waals surface area contributed by atoms with Gasteiger partial charge in [-0.15, -0.1) is 0 Å². The summed E-state index contributed by atoms with van der Waals surface area (Å²) in [5.74, 6) is -1.42. The molecule has 0 amide bonds. The molecule has 14 heteroatoms. The van der Waals surface area contributed by atoms with Crippen molar-refractivity contribution in [1.82, 2.24) is 9.97 Å². The van der Waals surface area contributed by atoms with E-state index in [0.29, 0.717) is 23.9 Å². The number of halogens is 9. The summed E-state index contributed by atoms with van der Waals surface area (Å²) in [6.07, 6.45) is -15.1. The highest BCUT2D eigenvalue weighted by Crippen LogP contribution is 2.40. The molecule has 186 valence electrons. The van der Waals surface area contributed by atoms with E-state index in [9.17, 15) is 44.3 Å². The van der Waals surface area contributed by atoms with Gasteiger partial charge in [-0.3, -0.25) is 0 Å². The van der Waals surface area contributed by atoms with Gasteiger partial charge >= 0.3 is 24.5 Å². The van der Waals surface area contributed by atoms with E-state index >= 15 is 0 Å². The summed E-state index contributed by atoms with van der Waals surface area (Å²) in [4.78, 5) is 18.2. The number of esters is 1. The first-order chi connectivity index (χ1) is 16.1. The van der Waals surface area contributed by atoms with Crippen LogP contribution in [0.5, 0.6) is 0 Å². The van der Waals surface area contributed by atoms with E-state index in [1.165, 1.54) is 0 Å². The van der Waals surface area contributed by atoms with E-state index in [1.54, 1.807) is 30.3 Å². The van der Waals surface area contributed by atoms with Gasteiger partial charge in [-0.2, -0.15) is 39.5 Å². The monoisotopic (exact) mass is 526 g/mol. The van der Waals surface area contributed by atoms with Crippen molar-refractivity contribution in [2.24, 2.45) is 0 Å². The first-order valence-electron chi connectivity index (χ1n) is 9.27. The Kier molecular flexibility index (Phi) is 7.34. The molecule has 1 aromatic heterocycles. The van der Waals surface area contributed by atoms with Gasteiger partial charge < -0.3 is 4.74 Å². The molecular weight excluding hydrogens is 515 g/mol. The van der Waals surface area contributed by atoms with Crippen molar-refractivity contribution in [3.8, 4) is 0 Å². The van der Waals surface area contributed by atoms with Crippen LogP contribution in [-0.2, 0) is 29.9 Å². The Morgan fingerprint density at radius 2 is 1.40 bits per heavy atom. The van der Waals surface area contributed by atoms with Crippen LogP contribution in [0.15, 0.2) is 64.8 Å². The molecule has 0 bridgehead atoms. The molecule has 0 saturated carbocycles. The highest BCUT2D eigenvalue weighted by molar-refractivity contribution is 7.99. The van der Waals surface area contributed by atoms with Gasteiger partial charge in [0, 0.05) is 11.1 Å². The molecule has 0 unspecified atom stereocenters. The molecule has 0 aliphatic heterocycles. The van der Waals surface area contributed by atoms with Crippen LogP contribution in [0.2, 0.25) is 0 Å². The second kappa shape index (κ2) is 9.76. The largest absolute Gasteiger partial charge is 0.457 e. The van der Waals surface area contributed by atoms with Crippen molar-refractivity contribution in [3.63, 3.8) is 0 Å². The van der Waals surface area contributed by atoms with Crippen molar-refractivity contribution >= 4 is 17.7 Å². The molecule has 0 saturated heterocycles. The Morgan fingerprint density at radius 1 is 0.829 bits per heavy atom. The number of ether oxygens (including phenoxy) is 1. The first-order valence-corrected chi connectivity index (χ1v) is 10.1. The molecule has 35 heavy (non-hydrogen) atoms. The van der Waals surface area contributed by atoms with Crippen molar-refractivity contribution in [3.05, 3.63) is 82.7 Å². The number of hydrogen-bond donors (Lipinski definition) is 0. The van der Waals surface area contributed by atoms with E-state index in [1.807, 2.05) is 0 Å². The fraction of sp³-hybridized carbons (Fsp3) is 0.190. The number of alkyl halides is 9. The number of carbonyl (C=O) groups excluding carboxylic acids is 1. The van der Waals surface area contributed by atoms with Crippen LogP contribution in [0, 0.1) is 0 Å². The Balaban J connectivity index is 1.93. The molecule has 0 atom stereocenters. The van der Waals surface area contributed by atoms with Crippen LogP contribution in [0.4, 0.5) is 39.5 Å². The fourth-order valence-corrected chi connectivity index (χ4v) is 3.50. The lowest BCUT2D eigenvalue weighted by Gasteiger charge is -2.15. The highest BCUT2D eigenvalue weighted by Gasteiger charge is 2.39. The van der Waals surface area contributed by atoms with Crippen LogP contribution in [0.3, 0.4) is 0 Å². The number of benzene rings is 2. The van der Waals surface area contributed by atoms with Crippen LogP contribution < -0.4 is 0 Å². The van der Waals surface area contributed by atoms with Gasteiger partial charge in [-0.1, -0.05) is 30.3 Å². The number of hydrogen-bond acceptors (Lipinski definition) is 5. The second-order valence-electron chi connectivity index (χ2n) is 6.82. The van der Waals surface area contributed by atoms with Crippen LogP contribution in [-0.4, -0.2) is 15.9 Å². The number of rotatable bonds is 5. The van der Waals surface area contributed by atoms with Gasteiger partial charge in [0.25, 0.3) is 0 Å². The second-order valence-corrected chi connectivity index (χ2v) is 7.86. The van der Waals surface area contributed by atoms with Gasteiger partial charge in [-0.05, 0) is 35.5 Å². The van der Waals surface area contributed by atoms with Gasteiger partial charge in [0.05, 0.1) is 11.1 Å². The van der Waals surface area contributed by atoms with Gasteiger partial charge in [0.1, 0.15) is 12.2 Å². The third-order valence-electron chi connectivity index (χ3n) is 4.24. The zero-order valence-corrected chi connectivity index (χ0v) is 17.7.